The Hall–Kier alpha value is -1.56. The number of nitrogens with zero attached hydrogens (tertiary/aromatic N) is 2. The highest BCUT2D eigenvalue weighted by Gasteiger charge is 2.53. The van der Waals surface area contributed by atoms with Crippen LogP contribution in [0.5, 0.6) is 0 Å². The maximum Gasteiger partial charge on any atom is 0.366 e. The number of halogens is 2. The lowest BCUT2D eigenvalue weighted by molar-refractivity contribution is -0.223. The number of carbonyl (C=O) groups is 1. The minimum Gasteiger partial charge on any atom is -0.477 e. The number of pyridine rings is 1. The Morgan fingerprint density at radius 2 is 2.24 bits per heavy atom. The number of alkyl halides is 1. The predicted molar refractivity (Wildman–Crippen MR) is 55.2 cm³/mol. The van der Waals surface area contributed by atoms with Crippen molar-refractivity contribution in [3.05, 3.63) is 30.1 Å². The first-order valence-corrected chi connectivity index (χ1v) is 5.35. The average molecular weight is 242 g/mol. The summed E-state index contributed by atoms with van der Waals surface area (Å²) in [4.78, 5) is 14.6. The third-order valence-corrected chi connectivity index (χ3v) is 2.98. The summed E-state index contributed by atoms with van der Waals surface area (Å²) < 4.78 is 28.3. The van der Waals surface area contributed by atoms with Gasteiger partial charge in [-0.15, -0.1) is 4.48 Å². The molecule has 1 aliphatic carbocycles. The quantitative estimate of drug-likeness (QED) is 0.648. The molecule has 1 aromatic heterocycles. The van der Waals surface area contributed by atoms with Gasteiger partial charge < -0.3 is 5.11 Å². The minimum atomic E-state index is -3.20. The molecule has 92 valence electrons. The lowest BCUT2D eigenvalue weighted by atomic mass is 9.91. The van der Waals surface area contributed by atoms with Crippen LogP contribution < -0.4 is 0 Å². The maximum absolute atomic E-state index is 14.4. The molecule has 1 aromatic rings. The molecule has 1 saturated carbocycles. The van der Waals surface area contributed by atoms with Gasteiger partial charge in [0, 0.05) is 12.2 Å². The summed E-state index contributed by atoms with van der Waals surface area (Å²) in [6.45, 7) is 0. The van der Waals surface area contributed by atoms with E-state index in [2.05, 4.69) is 4.98 Å². The van der Waals surface area contributed by atoms with Crippen LogP contribution in [0.4, 0.5) is 8.87 Å². The molecular weight excluding hydrogens is 230 g/mol. The van der Waals surface area contributed by atoms with Crippen molar-refractivity contribution in [2.75, 3.05) is 0 Å². The van der Waals surface area contributed by atoms with Crippen LogP contribution in [0.3, 0.4) is 0 Å². The highest BCUT2D eigenvalue weighted by molar-refractivity contribution is 5.77. The van der Waals surface area contributed by atoms with E-state index in [1.54, 1.807) is 0 Å². The number of aliphatic carboxylic acids is 1. The zero-order chi connectivity index (χ0) is 12.5. The molecule has 1 atom stereocenters. The molecule has 0 radical (unpaired) electrons. The van der Waals surface area contributed by atoms with Crippen LogP contribution in [0.1, 0.15) is 25.0 Å². The molecule has 0 spiro atoms. The fourth-order valence-corrected chi connectivity index (χ4v) is 1.73. The standard InChI is InChI=1S/C11H12F2N2O2/c12-11(10(16)17,9-6-1-2-7-14-9)15(13)8-4-3-5-8/h1-2,6-8H,3-5H2,(H,16,17). The minimum absolute atomic E-state index is 0.221. The highest BCUT2D eigenvalue weighted by atomic mass is 19.2. The van der Waals surface area contributed by atoms with Crippen molar-refractivity contribution in [2.24, 2.45) is 0 Å². The summed E-state index contributed by atoms with van der Waals surface area (Å²) in [5.74, 6) is -5.09. The van der Waals surface area contributed by atoms with E-state index >= 15 is 0 Å². The van der Waals surface area contributed by atoms with Crippen molar-refractivity contribution >= 4 is 5.97 Å². The molecule has 0 bridgehead atoms. The van der Waals surface area contributed by atoms with Crippen LogP contribution in [0, 0.1) is 0 Å². The molecule has 1 heterocycles. The summed E-state index contributed by atoms with van der Waals surface area (Å²) in [6.07, 6.45) is 2.94. The Bertz CT molecular complexity index is 411. The molecule has 6 heteroatoms. The van der Waals surface area contributed by atoms with Crippen LogP contribution in [-0.4, -0.2) is 27.2 Å². The van der Waals surface area contributed by atoms with E-state index in [0.717, 1.165) is 6.42 Å². The van der Waals surface area contributed by atoms with E-state index in [9.17, 15) is 13.7 Å². The Morgan fingerprint density at radius 3 is 2.65 bits per heavy atom. The molecule has 0 saturated heterocycles. The average Bonchev–Trinajstić information content (AvgIpc) is 2.26. The third kappa shape index (κ3) is 1.88. The van der Waals surface area contributed by atoms with Gasteiger partial charge in [-0.3, -0.25) is 4.98 Å². The van der Waals surface area contributed by atoms with Gasteiger partial charge in [0.25, 0.3) is 0 Å². The van der Waals surface area contributed by atoms with E-state index in [4.69, 9.17) is 5.11 Å². The number of hydrogen-bond acceptors (Lipinski definition) is 3. The van der Waals surface area contributed by atoms with Gasteiger partial charge >= 0.3 is 11.8 Å². The Balaban J connectivity index is 2.35. The van der Waals surface area contributed by atoms with Gasteiger partial charge in [0.2, 0.25) is 0 Å². The fraction of sp³-hybridized carbons (Fsp3) is 0.455. The third-order valence-electron chi connectivity index (χ3n) is 2.98. The van der Waals surface area contributed by atoms with E-state index in [1.165, 1.54) is 24.4 Å². The molecule has 0 aliphatic heterocycles. The highest BCUT2D eigenvalue weighted by Crippen LogP contribution is 2.37. The van der Waals surface area contributed by atoms with Crippen molar-refractivity contribution in [1.29, 1.82) is 0 Å². The molecule has 1 N–H and O–H groups in total. The lowest BCUT2D eigenvalue weighted by Gasteiger charge is -2.36. The van der Waals surface area contributed by atoms with E-state index in [1.807, 2.05) is 0 Å². The van der Waals surface area contributed by atoms with Crippen LogP contribution in [-0.2, 0) is 10.6 Å². The molecule has 2 rings (SSSR count). The zero-order valence-corrected chi connectivity index (χ0v) is 9.01. The summed E-state index contributed by atoms with van der Waals surface area (Å²) >= 11 is 0. The summed E-state index contributed by atoms with van der Waals surface area (Å²) in [7, 11) is 0. The van der Waals surface area contributed by atoms with Gasteiger partial charge in [0.1, 0.15) is 5.69 Å². The SMILES string of the molecule is O=C(O)C(F)(c1ccccn1)N(F)C1CCC1. The van der Waals surface area contributed by atoms with Crippen LogP contribution in [0.15, 0.2) is 24.4 Å². The Morgan fingerprint density at radius 1 is 1.53 bits per heavy atom. The smallest absolute Gasteiger partial charge is 0.366 e. The first-order valence-electron chi connectivity index (χ1n) is 5.35. The molecule has 1 unspecified atom stereocenters. The fourth-order valence-electron chi connectivity index (χ4n) is 1.73. The molecular formula is C11H12F2N2O2. The van der Waals surface area contributed by atoms with Crippen molar-refractivity contribution in [2.45, 2.75) is 31.1 Å². The molecule has 0 amide bonds. The van der Waals surface area contributed by atoms with E-state index in [0.29, 0.717) is 12.8 Å². The van der Waals surface area contributed by atoms with Gasteiger partial charge in [-0.05, 0) is 25.0 Å². The Labute approximate surface area is 96.8 Å². The molecule has 1 fully saturated rings. The monoisotopic (exact) mass is 242 g/mol. The Kier molecular flexibility index (Phi) is 3.06. The second kappa shape index (κ2) is 4.37. The first-order chi connectivity index (χ1) is 8.06. The largest absolute Gasteiger partial charge is 0.477 e. The molecule has 17 heavy (non-hydrogen) atoms. The molecule has 0 aromatic carbocycles. The zero-order valence-electron chi connectivity index (χ0n) is 9.01. The van der Waals surface area contributed by atoms with Gasteiger partial charge in [0.15, 0.2) is 0 Å². The van der Waals surface area contributed by atoms with E-state index < -0.39 is 23.5 Å². The normalized spacial score (nSPS) is 19.7. The number of rotatable bonds is 4. The van der Waals surface area contributed by atoms with E-state index in [-0.39, 0.29) is 5.12 Å². The number of aromatic nitrogens is 1. The number of carboxylic acids is 1. The summed E-state index contributed by atoms with van der Waals surface area (Å²) in [5, 5.41) is 8.71. The second-order valence-electron chi connectivity index (χ2n) is 4.04. The summed E-state index contributed by atoms with van der Waals surface area (Å²) in [5.41, 5.74) is -0.443. The second-order valence-corrected chi connectivity index (χ2v) is 4.04. The number of hydrogen-bond donors (Lipinski definition) is 1. The van der Waals surface area contributed by atoms with Crippen LogP contribution >= 0.6 is 0 Å². The van der Waals surface area contributed by atoms with Crippen LogP contribution in [0.2, 0.25) is 0 Å². The molecule has 4 nitrogen and oxygen atoms in total. The predicted octanol–water partition coefficient (Wildman–Crippen LogP) is 2.03. The first kappa shape index (κ1) is 11.9. The van der Waals surface area contributed by atoms with Crippen molar-refractivity contribution in [3.8, 4) is 0 Å². The topological polar surface area (TPSA) is 53.4 Å². The van der Waals surface area contributed by atoms with Crippen molar-refractivity contribution in [3.63, 3.8) is 0 Å². The van der Waals surface area contributed by atoms with Gasteiger partial charge in [-0.2, -0.15) is 0 Å². The van der Waals surface area contributed by atoms with Gasteiger partial charge in [-0.25, -0.2) is 9.18 Å². The maximum atomic E-state index is 14.4. The van der Waals surface area contributed by atoms with Crippen molar-refractivity contribution < 1.29 is 18.8 Å². The lowest BCUT2D eigenvalue weighted by Crippen LogP contribution is -2.51. The number of carboxylic acid groups (broad SMARTS) is 1. The van der Waals surface area contributed by atoms with Crippen molar-refractivity contribution in [1.82, 2.24) is 10.1 Å². The van der Waals surface area contributed by atoms with Gasteiger partial charge in [-0.1, -0.05) is 17.6 Å². The van der Waals surface area contributed by atoms with Crippen LogP contribution in [0.25, 0.3) is 0 Å². The molecule has 1 aliphatic rings. The van der Waals surface area contributed by atoms with Gasteiger partial charge in [0.05, 0.1) is 0 Å². The summed E-state index contributed by atoms with van der Waals surface area (Å²) in [6, 6.07) is 3.42.